The van der Waals surface area contributed by atoms with Gasteiger partial charge in [0, 0.05) is 44.0 Å². The topological polar surface area (TPSA) is 99.8 Å². The van der Waals surface area contributed by atoms with E-state index in [1.54, 1.807) is 18.5 Å². The fourth-order valence-corrected chi connectivity index (χ4v) is 2.63. The Balaban J connectivity index is 1.46. The van der Waals surface area contributed by atoms with E-state index in [4.69, 9.17) is 0 Å². The number of aromatic nitrogens is 3. The number of carbonyl (C=O) groups excluding carboxylic acids is 1. The van der Waals surface area contributed by atoms with Crippen LogP contribution in [0.2, 0.25) is 0 Å². The molecule has 0 aliphatic rings. The van der Waals surface area contributed by atoms with E-state index in [-0.39, 0.29) is 17.9 Å². The molecule has 7 nitrogen and oxygen atoms in total. The van der Waals surface area contributed by atoms with Crippen molar-refractivity contribution in [1.29, 1.82) is 0 Å². The fraction of sp³-hybridized carbons (Fsp3) is 0.263. The largest absolute Gasteiger partial charge is 0.383 e. The number of nitrogens with zero attached hydrogens (tertiary/aromatic N) is 2. The second kappa shape index (κ2) is 8.24. The molecular formula is C19H21N5O2. The zero-order valence-corrected chi connectivity index (χ0v) is 14.6. The molecule has 2 aromatic heterocycles. The Labute approximate surface area is 150 Å². The number of hydrogen-bond acceptors (Lipinski definition) is 5. The van der Waals surface area contributed by atoms with Gasteiger partial charge in [-0.25, -0.2) is 4.98 Å². The molecule has 0 aliphatic heterocycles. The van der Waals surface area contributed by atoms with Crippen LogP contribution in [0.4, 0.5) is 5.69 Å². The summed E-state index contributed by atoms with van der Waals surface area (Å²) in [5, 5.41) is 6.09. The van der Waals surface area contributed by atoms with Crippen molar-refractivity contribution in [2.75, 3.05) is 18.4 Å². The van der Waals surface area contributed by atoms with Crippen LogP contribution in [0.25, 0.3) is 11.0 Å². The number of pyridine rings is 1. The number of para-hydroxylation sites is 2. The lowest BCUT2D eigenvalue weighted by Gasteiger charge is -2.09. The van der Waals surface area contributed by atoms with E-state index in [1.165, 1.54) is 0 Å². The van der Waals surface area contributed by atoms with Crippen LogP contribution in [-0.2, 0) is 11.2 Å². The Morgan fingerprint density at radius 2 is 2.04 bits per heavy atom. The molecule has 0 spiro atoms. The first-order valence-electron chi connectivity index (χ1n) is 8.52. The van der Waals surface area contributed by atoms with Crippen molar-refractivity contribution in [3.8, 4) is 0 Å². The van der Waals surface area contributed by atoms with Gasteiger partial charge < -0.3 is 15.6 Å². The highest BCUT2D eigenvalue weighted by molar-refractivity contribution is 5.76. The van der Waals surface area contributed by atoms with Crippen molar-refractivity contribution in [2.24, 2.45) is 0 Å². The van der Waals surface area contributed by atoms with Gasteiger partial charge in [-0.1, -0.05) is 12.1 Å². The lowest BCUT2D eigenvalue weighted by atomic mass is 10.2. The first-order chi connectivity index (χ1) is 12.6. The molecule has 1 amide bonds. The number of rotatable bonds is 7. The van der Waals surface area contributed by atoms with Gasteiger partial charge in [0.1, 0.15) is 5.69 Å². The maximum atomic E-state index is 12.0. The molecule has 0 saturated carbocycles. The number of H-pyrrole nitrogens is 1. The van der Waals surface area contributed by atoms with Gasteiger partial charge in [0.25, 0.3) is 5.56 Å². The monoisotopic (exact) mass is 351 g/mol. The van der Waals surface area contributed by atoms with Crippen LogP contribution in [-0.4, -0.2) is 33.9 Å². The quantitative estimate of drug-likeness (QED) is 0.564. The minimum absolute atomic E-state index is 0.104. The summed E-state index contributed by atoms with van der Waals surface area (Å²) in [6, 6.07) is 9.24. The highest BCUT2D eigenvalue weighted by atomic mass is 16.1. The highest BCUT2D eigenvalue weighted by Crippen LogP contribution is 2.10. The summed E-state index contributed by atoms with van der Waals surface area (Å²) in [7, 11) is 0. The van der Waals surface area contributed by atoms with Gasteiger partial charge in [-0.05, 0) is 30.7 Å². The van der Waals surface area contributed by atoms with Crippen LogP contribution in [0, 0.1) is 6.92 Å². The van der Waals surface area contributed by atoms with E-state index >= 15 is 0 Å². The minimum atomic E-state index is -0.244. The molecule has 0 fully saturated rings. The molecule has 0 saturated heterocycles. The number of anilines is 1. The first-order valence-corrected chi connectivity index (χ1v) is 8.52. The molecule has 134 valence electrons. The maximum Gasteiger partial charge on any atom is 0.270 e. The molecule has 0 radical (unpaired) electrons. The average Bonchev–Trinajstić information content (AvgIpc) is 2.65. The summed E-state index contributed by atoms with van der Waals surface area (Å²) in [6.45, 7) is 3.09. The third kappa shape index (κ3) is 4.44. The highest BCUT2D eigenvalue weighted by Gasteiger charge is 2.08. The lowest BCUT2D eigenvalue weighted by Crippen LogP contribution is -2.29. The molecule has 3 N–H and O–H groups in total. The number of fused-ring (bicyclic) bond motifs is 1. The molecule has 3 aromatic rings. The first kappa shape index (κ1) is 17.6. The van der Waals surface area contributed by atoms with E-state index in [2.05, 4.69) is 25.6 Å². The Kier molecular flexibility index (Phi) is 5.58. The predicted octanol–water partition coefficient (Wildman–Crippen LogP) is 1.79. The third-order valence-electron chi connectivity index (χ3n) is 4.04. The van der Waals surface area contributed by atoms with Crippen molar-refractivity contribution >= 4 is 22.6 Å². The zero-order chi connectivity index (χ0) is 18.4. The minimum Gasteiger partial charge on any atom is -0.383 e. The van der Waals surface area contributed by atoms with E-state index in [0.717, 1.165) is 16.8 Å². The molecule has 7 heteroatoms. The van der Waals surface area contributed by atoms with Crippen LogP contribution < -0.4 is 16.2 Å². The number of benzene rings is 1. The molecule has 0 atom stereocenters. The summed E-state index contributed by atoms with van der Waals surface area (Å²) in [5.41, 5.74) is 3.61. The molecule has 0 unspecified atom stereocenters. The van der Waals surface area contributed by atoms with Gasteiger partial charge in [0.15, 0.2) is 0 Å². The van der Waals surface area contributed by atoms with E-state index in [1.807, 2.05) is 31.2 Å². The predicted molar refractivity (Wildman–Crippen MR) is 101 cm³/mol. The summed E-state index contributed by atoms with van der Waals surface area (Å²) < 4.78 is 0. The van der Waals surface area contributed by atoms with Crippen LogP contribution >= 0.6 is 0 Å². The molecule has 2 heterocycles. The van der Waals surface area contributed by atoms with Crippen molar-refractivity contribution in [1.82, 2.24) is 20.3 Å². The van der Waals surface area contributed by atoms with Gasteiger partial charge in [0.05, 0.1) is 11.0 Å². The van der Waals surface area contributed by atoms with E-state index < -0.39 is 0 Å². The van der Waals surface area contributed by atoms with E-state index in [0.29, 0.717) is 30.7 Å². The maximum absolute atomic E-state index is 12.0. The average molecular weight is 351 g/mol. The lowest BCUT2D eigenvalue weighted by molar-refractivity contribution is -0.120. The second-order valence-electron chi connectivity index (χ2n) is 6.00. The number of aryl methyl sites for hydroxylation is 2. The van der Waals surface area contributed by atoms with Crippen LogP contribution in [0.1, 0.15) is 17.7 Å². The molecule has 0 bridgehead atoms. The van der Waals surface area contributed by atoms with E-state index in [9.17, 15) is 9.59 Å². The van der Waals surface area contributed by atoms with Crippen molar-refractivity contribution < 1.29 is 4.79 Å². The smallest absolute Gasteiger partial charge is 0.270 e. The van der Waals surface area contributed by atoms with Gasteiger partial charge >= 0.3 is 0 Å². The Bertz CT molecular complexity index is 967. The fourth-order valence-electron chi connectivity index (χ4n) is 2.63. The normalized spacial score (nSPS) is 10.7. The van der Waals surface area contributed by atoms with Crippen molar-refractivity contribution in [3.63, 3.8) is 0 Å². The number of amides is 1. The molecular weight excluding hydrogens is 330 g/mol. The summed E-state index contributed by atoms with van der Waals surface area (Å²) in [6.07, 6.45) is 4.04. The van der Waals surface area contributed by atoms with Gasteiger partial charge in [-0.3, -0.25) is 14.6 Å². The number of aromatic amines is 1. The summed E-state index contributed by atoms with van der Waals surface area (Å²) in [4.78, 5) is 35.2. The third-order valence-corrected chi connectivity index (χ3v) is 4.04. The SMILES string of the molecule is Cc1cnccc1NCCNC(=O)CCc1nc2ccccc2[nH]c1=O. The molecule has 1 aromatic carbocycles. The van der Waals surface area contributed by atoms with Gasteiger partial charge in [-0.15, -0.1) is 0 Å². The van der Waals surface area contributed by atoms with Crippen LogP contribution in [0.3, 0.4) is 0 Å². The van der Waals surface area contributed by atoms with Crippen molar-refractivity contribution in [2.45, 2.75) is 19.8 Å². The molecule has 0 aliphatic carbocycles. The zero-order valence-electron chi connectivity index (χ0n) is 14.6. The van der Waals surface area contributed by atoms with Gasteiger partial charge in [0.2, 0.25) is 5.91 Å². The number of nitrogens with one attached hydrogen (secondary N) is 3. The van der Waals surface area contributed by atoms with Crippen LogP contribution in [0.5, 0.6) is 0 Å². The Morgan fingerprint density at radius 3 is 2.88 bits per heavy atom. The molecule has 26 heavy (non-hydrogen) atoms. The summed E-state index contributed by atoms with van der Waals surface area (Å²) in [5.74, 6) is -0.104. The van der Waals surface area contributed by atoms with Crippen molar-refractivity contribution in [3.05, 3.63) is 64.3 Å². The number of hydrogen-bond donors (Lipinski definition) is 3. The second-order valence-corrected chi connectivity index (χ2v) is 6.00. The molecule has 3 rings (SSSR count). The van der Waals surface area contributed by atoms with Crippen LogP contribution in [0.15, 0.2) is 47.5 Å². The summed E-state index contributed by atoms with van der Waals surface area (Å²) >= 11 is 0. The Hall–Kier alpha value is -3.22. The Morgan fingerprint density at radius 1 is 1.19 bits per heavy atom. The van der Waals surface area contributed by atoms with Gasteiger partial charge in [-0.2, -0.15) is 0 Å². The standard InChI is InChI=1S/C19H21N5O2/c1-13-12-20-9-8-14(13)21-10-11-22-18(25)7-6-17-19(26)24-16-5-3-2-4-15(16)23-17/h2-5,8-9,12H,6-7,10-11H2,1H3,(H,20,21)(H,22,25)(H,24,26). The number of carbonyl (C=O) groups is 1.